The molecule has 1 amide bonds. The van der Waals surface area contributed by atoms with Crippen LogP contribution in [-0.4, -0.2) is 54.1 Å². The highest BCUT2D eigenvalue weighted by Gasteiger charge is 2.31. The van der Waals surface area contributed by atoms with Gasteiger partial charge in [0.15, 0.2) is 0 Å². The van der Waals surface area contributed by atoms with E-state index in [1.807, 2.05) is 61.5 Å². The van der Waals surface area contributed by atoms with Crippen LogP contribution in [0.1, 0.15) is 17.2 Å². The summed E-state index contributed by atoms with van der Waals surface area (Å²) in [5, 5.41) is 3.10. The van der Waals surface area contributed by atoms with Crippen LogP contribution in [0.5, 0.6) is 5.75 Å². The van der Waals surface area contributed by atoms with E-state index in [1.54, 1.807) is 19.5 Å². The zero-order chi connectivity index (χ0) is 21.6. The van der Waals surface area contributed by atoms with Crippen LogP contribution >= 0.6 is 0 Å². The lowest BCUT2D eigenvalue weighted by molar-refractivity contribution is -0.121. The molecule has 0 bridgehead atoms. The number of nitrogens with zero attached hydrogens (tertiary/aromatic N) is 4. The Balaban J connectivity index is 1.55. The number of aryl methyl sites for hydroxylation is 1. The fraction of sp³-hybridized carbons (Fsp3) is 0.292. The highest BCUT2D eigenvalue weighted by atomic mass is 16.5. The van der Waals surface area contributed by atoms with E-state index in [4.69, 9.17) is 4.74 Å². The Morgan fingerprint density at radius 1 is 1.00 bits per heavy atom. The Bertz CT molecular complexity index is 1000. The number of amides is 1. The Morgan fingerprint density at radius 2 is 1.71 bits per heavy atom. The monoisotopic (exact) mass is 417 g/mol. The number of benzene rings is 2. The van der Waals surface area contributed by atoms with Crippen LogP contribution in [0.3, 0.4) is 0 Å². The normalized spacial score (nSPS) is 15.4. The molecule has 2 aromatic carbocycles. The Morgan fingerprint density at radius 3 is 2.39 bits per heavy atom. The van der Waals surface area contributed by atoms with Crippen LogP contribution in [0.25, 0.3) is 0 Å². The van der Waals surface area contributed by atoms with E-state index in [9.17, 15) is 4.79 Å². The Labute approximate surface area is 182 Å². The van der Waals surface area contributed by atoms with Crippen LogP contribution in [0.15, 0.2) is 67.0 Å². The van der Waals surface area contributed by atoms with Crippen molar-refractivity contribution in [3.8, 4) is 5.75 Å². The number of ether oxygens (including phenoxy) is 1. The zero-order valence-electron chi connectivity index (χ0n) is 17.9. The molecule has 1 atom stereocenters. The molecule has 31 heavy (non-hydrogen) atoms. The minimum Gasteiger partial charge on any atom is -0.495 e. The molecule has 2 heterocycles. The summed E-state index contributed by atoms with van der Waals surface area (Å²) in [6.07, 6.45) is 3.51. The molecule has 7 nitrogen and oxygen atoms in total. The van der Waals surface area contributed by atoms with Gasteiger partial charge in [0.25, 0.3) is 0 Å². The van der Waals surface area contributed by atoms with Crippen molar-refractivity contribution < 1.29 is 9.53 Å². The lowest BCUT2D eigenvalue weighted by Crippen LogP contribution is -2.50. The summed E-state index contributed by atoms with van der Waals surface area (Å²) in [5.41, 5.74) is 2.71. The zero-order valence-corrected chi connectivity index (χ0v) is 17.9. The van der Waals surface area contributed by atoms with E-state index in [2.05, 4.69) is 25.1 Å². The fourth-order valence-electron chi connectivity index (χ4n) is 3.92. The van der Waals surface area contributed by atoms with Gasteiger partial charge in [-0.2, -0.15) is 0 Å². The molecule has 1 aromatic heterocycles. The highest BCUT2D eigenvalue weighted by Crippen LogP contribution is 2.29. The van der Waals surface area contributed by atoms with Crippen molar-refractivity contribution >= 4 is 17.5 Å². The molecule has 7 heteroatoms. The molecular weight excluding hydrogens is 390 g/mol. The first-order valence-corrected chi connectivity index (χ1v) is 10.4. The predicted octanol–water partition coefficient (Wildman–Crippen LogP) is 3.30. The van der Waals surface area contributed by atoms with E-state index in [0.717, 1.165) is 43.3 Å². The number of rotatable bonds is 6. The molecule has 0 aliphatic carbocycles. The average Bonchev–Trinajstić information content (AvgIpc) is 2.81. The lowest BCUT2D eigenvalue weighted by Gasteiger charge is -2.38. The molecular formula is C24H27N5O2. The van der Waals surface area contributed by atoms with Crippen LogP contribution in [0.4, 0.5) is 11.6 Å². The number of piperazine rings is 1. The van der Waals surface area contributed by atoms with Crippen LogP contribution in [-0.2, 0) is 4.79 Å². The fourth-order valence-corrected chi connectivity index (χ4v) is 3.92. The summed E-state index contributed by atoms with van der Waals surface area (Å²) in [5.74, 6) is 1.31. The quantitative estimate of drug-likeness (QED) is 0.664. The molecule has 3 aromatic rings. The number of aromatic nitrogens is 2. The van der Waals surface area contributed by atoms with Gasteiger partial charge < -0.3 is 15.0 Å². The summed E-state index contributed by atoms with van der Waals surface area (Å²) < 4.78 is 5.45. The van der Waals surface area contributed by atoms with Gasteiger partial charge in [-0.05, 0) is 36.2 Å². The van der Waals surface area contributed by atoms with E-state index in [0.29, 0.717) is 11.4 Å². The largest absolute Gasteiger partial charge is 0.495 e. The molecule has 4 rings (SSSR count). The smallest absolute Gasteiger partial charge is 0.246 e. The van der Waals surface area contributed by atoms with Crippen LogP contribution < -0.4 is 15.0 Å². The summed E-state index contributed by atoms with van der Waals surface area (Å²) in [6.45, 7) is 4.98. The average molecular weight is 418 g/mol. The second kappa shape index (κ2) is 9.57. The van der Waals surface area contributed by atoms with Crippen molar-refractivity contribution in [2.24, 2.45) is 0 Å². The molecule has 0 spiro atoms. The molecule has 1 aliphatic rings. The Kier molecular flexibility index (Phi) is 6.43. The van der Waals surface area contributed by atoms with Gasteiger partial charge in [-0.3, -0.25) is 9.69 Å². The third kappa shape index (κ3) is 4.83. The third-order valence-electron chi connectivity index (χ3n) is 5.49. The summed E-state index contributed by atoms with van der Waals surface area (Å²) in [4.78, 5) is 26.6. The van der Waals surface area contributed by atoms with Gasteiger partial charge in [-0.15, -0.1) is 0 Å². The van der Waals surface area contributed by atoms with Crippen molar-refractivity contribution in [1.82, 2.24) is 14.9 Å². The SMILES string of the molecule is COc1ccc(C)cc1NC(=O)[C@H](c1ccccc1)N1CCN(c2ncccn2)CC1. The van der Waals surface area contributed by atoms with Crippen molar-refractivity contribution in [3.05, 3.63) is 78.1 Å². The van der Waals surface area contributed by atoms with E-state index in [1.165, 1.54) is 0 Å². The first-order chi connectivity index (χ1) is 15.2. The number of carbonyl (C=O) groups is 1. The number of hydrogen-bond acceptors (Lipinski definition) is 6. The molecule has 1 aliphatic heterocycles. The third-order valence-corrected chi connectivity index (χ3v) is 5.49. The van der Waals surface area contributed by atoms with Gasteiger partial charge in [-0.1, -0.05) is 36.4 Å². The first kappa shape index (κ1) is 20.8. The van der Waals surface area contributed by atoms with Crippen LogP contribution in [0, 0.1) is 6.92 Å². The van der Waals surface area contributed by atoms with Crippen molar-refractivity contribution in [2.75, 3.05) is 43.5 Å². The standard InChI is InChI=1S/C24H27N5O2/c1-18-9-10-21(31-2)20(17-18)27-23(30)22(19-7-4-3-5-8-19)28-13-15-29(16-14-28)24-25-11-6-12-26-24/h3-12,17,22H,13-16H2,1-2H3,(H,27,30)/t22-/m0/s1. The molecule has 160 valence electrons. The molecule has 1 fully saturated rings. The van der Waals surface area contributed by atoms with E-state index < -0.39 is 6.04 Å². The summed E-state index contributed by atoms with van der Waals surface area (Å²) in [7, 11) is 1.61. The summed E-state index contributed by atoms with van der Waals surface area (Å²) >= 11 is 0. The van der Waals surface area contributed by atoms with Crippen molar-refractivity contribution in [2.45, 2.75) is 13.0 Å². The second-order valence-corrected chi connectivity index (χ2v) is 7.58. The molecule has 0 radical (unpaired) electrons. The number of anilines is 2. The first-order valence-electron chi connectivity index (χ1n) is 10.4. The minimum absolute atomic E-state index is 0.0699. The van der Waals surface area contributed by atoms with Gasteiger partial charge in [0, 0.05) is 38.6 Å². The molecule has 1 N–H and O–H groups in total. The maximum Gasteiger partial charge on any atom is 0.246 e. The number of hydrogen-bond donors (Lipinski definition) is 1. The van der Waals surface area contributed by atoms with Gasteiger partial charge >= 0.3 is 0 Å². The predicted molar refractivity (Wildman–Crippen MR) is 121 cm³/mol. The van der Waals surface area contributed by atoms with Crippen molar-refractivity contribution in [3.63, 3.8) is 0 Å². The molecule has 0 saturated carbocycles. The van der Waals surface area contributed by atoms with E-state index >= 15 is 0 Å². The maximum atomic E-state index is 13.5. The number of carbonyl (C=O) groups excluding carboxylic acids is 1. The van der Waals surface area contributed by atoms with Crippen molar-refractivity contribution in [1.29, 1.82) is 0 Å². The second-order valence-electron chi connectivity index (χ2n) is 7.58. The van der Waals surface area contributed by atoms with E-state index in [-0.39, 0.29) is 5.91 Å². The van der Waals surface area contributed by atoms with Crippen LogP contribution in [0.2, 0.25) is 0 Å². The van der Waals surface area contributed by atoms with Gasteiger partial charge in [0.1, 0.15) is 11.8 Å². The topological polar surface area (TPSA) is 70.6 Å². The van der Waals surface area contributed by atoms with Gasteiger partial charge in [0.05, 0.1) is 12.8 Å². The lowest BCUT2D eigenvalue weighted by atomic mass is 10.0. The van der Waals surface area contributed by atoms with Gasteiger partial charge in [-0.25, -0.2) is 9.97 Å². The number of nitrogens with one attached hydrogen (secondary N) is 1. The highest BCUT2D eigenvalue weighted by molar-refractivity contribution is 5.96. The maximum absolute atomic E-state index is 13.5. The molecule has 1 saturated heterocycles. The summed E-state index contributed by atoms with van der Waals surface area (Å²) in [6, 6.07) is 17.1. The minimum atomic E-state index is -0.398. The van der Waals surface area contributed by atoms with Gasteiger partial charge in [0.2, 0.25) is 11.9 Å². The number of methoxy groups -OCH3 is 1. The molecule has 0 unspecified atom stereocenters. The Hall–Kier alpha value is -3.45.